The van der Waals surface area contributed by atoms with Crippen LogP contribution in [0.3, 0.4) is 0 Å². The Morgan fingerprint density at radius 3 is 2.75 bits per heavy atom. The van der Waals surface area contributed by atoms with E-state index in [9.17, 15) is 4.79 Å². The van der Waals surface area contributed by atoms with Gasteiger partial charge in [-0.15, -0.1) is 0 Å². The Hall–Kier alpha value is -0.910. The second kappa shape index (κ2) is 9.10. The van der Waals surface area contributed by atoms with Crippen molar-refractivity contribution in [3.8, 4) is 0 Å². The predicted octanol–water partition coefficient (Wildman–Crippen LogP) is 1.30. The average molecular weight is 300 g/mol. The summed E-state index contributed by atoms with van der Waals surface area (Å²) in [6.07, 6.45) is 7.11. The minimum absolute atomic E-state index is 0.0211. The van der Waals surface area contributed by atoms with E-state index in [2.05, 4.69) is 21.9 Å². The highest BCUT2D eigenvalue weighted by atomic mass is 32.2. The molecule has 1 saturated carbocycles. The van der Waals surface area contributed by atoms with Gasteiger partial charge in [-0.3, -0.25) is 4.79 Å². The van der Waals surface area contributed by atoms with Crippen LogP contribution in [0.25, 0.3) is 0 Å². The predicted molar refractivity (Wildman–Crippen MR) is 87.4 cm³/mol. The van der Waals surface area contributed by atoms with Crippen molar-refractivity contribution in [2.24, 2.45) is 4.99 Å². The van der Waals surface area contributed by atoms with Gasteiger partial charge in [-0.2, -0.15) is 11.8 Å². The third-order valence-electron chi connectivity index (χ3n) is 3.52. The van der Waals surface area contributed by atoms with Crippen molar-refractivity contribution in [2.75, 3.05) is 33.4 Å². The van der Waals surface area contributed by atoms with Crippen LogP contribution in [0.1, 0.15) is 32.6 Å². The molecule has 116 valence electrons. The molecule has 2 atom stereocenters. The minimum Gasteiger partial charge on any atom is -0.357 e. The number of rotatable bonds is 5. The Kier molecular flexibility index (Phi) is 7.80. The van der Waals surface area contributed by atoms with Gasteiger partial charge in [0.1, 0.15) is 6.54 Å². The van der Waals surface area contributed by atoms with Crippen LogP contribution in [0.4, 0.5) is 0 Å². The topological polar surface area (TPSA) is 56.7 Å². The van der Waals surface area contributed by atoms with E-state index in [-0.39, 0.29) is 12.5 Å². The van der Waals surface area contributed by atoms with Crippen LogP contribution in [0.15, 0.2) is 4.99 Å². The zero-order chi connectivity index (χ0) is 15.0. The molecule has 0 spiro atoms. The summed E-state index contributed by atoms with van der Waals surface area (Å²) in [4.78, 5) is 17.5. The third kappa shape index (κ3) is 6.03. The zero-order valence-corrected chi connectivity index (χ0v) is 13.9. The van der Waals surface area contributed by atoms with Gasteiger partial charge in [-0.05, 0) is 32.4 Å². The summed E-state index contributed by atoms with van der Waals surface area (Å²) in [6.45, 7) is 3.04. The fourth-order valence-corrected chi connectivity index (χ4v) is 3.12. The van der Waals surface area contributed by atoms with Crippen molar-refractivity contribution in [3.63, 3.8) is 0 Å². The van der Waals surface area contributed by atoms with Crippen molar-refractivity contribution in [3.05, 3.63) is 0 Å². The third-order valence-corrected chi connectivity index (χ3v) is 4.61. The number of amides is 1. The second-order valence-electron chi connectivity index (χ2n) is 5.35. The van der Waals surface area contributed by atoms with E-state index in [0.717, 1.165) is 17.8 Å². The first-order valence-corrected chi connectivity index (χ1v) is 8.63. The molecule has 6 heteroatoms. The summed E-state index contributed by atoms with van der Waals surface area (Å²) >= 11 is 1.95. The molecule has 0 aliphatic heterocycles. The van der Waals surface area contributed by atoms with Crippen LogP contribution in [0, 0.1) is 0 Å². The quantitative estimate of drug-likeness (QED) is 0.594. The maximum atomic E-state index is 11.6. The highest BCUT2D eigenvalue weighted by molar-refractivity contribution is 7.99. The maximum Gasteiger partial charge on any atom is 0.243 e. The lowest BCUT2D eigenvalue weighted by atomic mass is 9.95. The molecule has 0 bridgehead atoms. The number of hydrogen-bond donors (Lipinski definition) is 2. The molecule has 5 nitrogen and oxygen atoms in total. The molecule has 2 N–H and O–H groups in total. The molecule has 1 aliphatic carbocycles. The smallest absolute Gasteiger partial charge is 0.243 e. The van der Waals surface area contributed by atoms with Crippen LogP contribution in [-0.4, -0.2) is 61.5 Å². The number of nitrogens with zero attached hydrogens (tertiary/aromatic N) is 2. The number of likely N-dealkylation sites (N-methyl/N-ethyl adjacent to an activating group) is 1. The molecule has 0 aromatic rings. The first kappa shape index (κ1) is 17.1. The van der Waals surface area contributed by atoms with Crippen LogP contribution in [0.5, 0.6) is 0 Å². The first-order valence-electron chi connectivity index (χ1n) is 7.34. The fourth-order valence-electron chi connectivity index (χ4n) is 2.29. The summed E-state index contributed by atoms with van der Waals surface area (Å²) in [5.41, 5.74) is 0. The van der Waals surface area contributed by atoms with E-state index in [1.165, 1.54) is 25.7 Å². The first-order chi connectivity index (χ1) is 9.56. The summed E-state index contributed by atoms with van der Waals surface area (Å²) in [5.74, 6) is 0.780. The largest absolute Gasteiger partial charge is 0.357 e. The maximum absolute atomic E-state index is 11.6. The highest BCUT2D eigenvalue weighted by Gasteiger charge is 2.21. The molecule has 2 unspecified atom stereocenters. The minimum atomic E-state index is 0.0211. The lowest BCUT2D eigenvalue weighted by Crippen LogP contribution is -2.46. The number of aliphatic imine (C=N–C) groups is 1. The van der Waals surface area contributed by atoms with Crippen molar-refractivity contribution in [2.45, 2.75) is 43.9 Å². The molecule has 0 saturated heterocycles. The molecule has 0 aromatic heterocycles. The van der Waals surface area contributed by atoms with Crippen molar-refractivity contribution in [1.29, 1.82) is 0 Å². The Labute approximate surface area is 127 Å². The molecule has 1 amide bonds. The van der Waals surface area contributed by atoms with E-state index in [1.54, 1.807) is 19.0 Å². The van der Waals surface area contributed by atoms with Gasteiger partial charge in [0.2, 0.25) is 5.91 Å². The highest BCUT2D eigenvalue weighted by Crippen LogP contribution is 2.26. The molecule has 1 fully saturated rings. The molecule has 20 heavy (non-hydrogen) atoms. The van der Waals surface area contributed by atoms with E-state index >= 15 is 0 Å². The van der Waals surface area contributed by atoms with Crippen LogP contribution in [-0.2, 0) is 4.79 Å². The molecule has 0 aromatic carbocycles. The standard InChI is InChI=1S/C14H28N4OS/c1-5-15-14(16-10-13(19)18(2)3)17-11-7-6-8-12(9-11)20-4/h11-12H,5-10H2,1-4H3,(H2,15,16,17). The van der Waals surface area contributed by atoms with Crippen molar-refractivity contribution >= 4 is 23.6 Å². The molecular weight excluding hydrogens is 272 g/mol. The van der Waals surface area contributed by atoms with Gasteiger partial charge in [-0.25, -0.2) is 4.99 Å². The SMILES string of the molecule is CCNC(=NCC(=O)N(C)C)NC1CCCC(SC)C1. The molecule has 0 heterocycles. The summed E-state index contributed by atoms with van der Waals surface area (Å²) < 4.78 is 0. The Morgan fingerprint density at radius 2 is 2.15 bits per heavy atom. The van der Waals surface area contributed by atoms with E-state index in [1.807, 2.05) is 18.7 Å². The average Bonchev–Trinajstić information content (AvgIpc) is 2.44. The molecule has 1 aliphatic rings. The number of carbonyl (C=O) groups excluding carboxylic acids is 1. The van der Waals surface area contributed by atoms with Crippen LogP contribution in [0.2, 0.25) is 0 Å². The number of hydrogen-bond acceptors (Lipinski definition) is 3. The van der Waals surface area contributed by atoms with Gasteiger partial charge in [0.15, 0.2) is 5.96 Å². The summed E-state index contributed by atoms with van der Waals surface area (Å²) in [5, 5.41) is 7.43. The van der Waals surface area contributed by atoms with Gasteiger partial charge in [0.05, 0.1) is 0 Å². The van der Waals surface area contributed by atoms with Gasteiger partial charge < -0.3 is 15.5 Å². The van der Waals surface area contributed by atoms with E-state index in [0.29, 0.717) is 6.04 Å². The fraction of sp³-hybridized carbons (Fsp3) is 0.857. The van der Waals surface area contributed by atoms with Crippen molar-refractivity contribution < 1.29 is 4.79 Å². The number of thioether (sulfide) groups is 1. The van der Waals surface area contributed by atoms with E-state index in [4.69, 9.17) is 0 Å². The lowest BCUT2D eigenvalue weighted by Gasteiger charge is -2.29. The zero-order valence-electron chi connectivity index (χ0n) is 13.1. The normalized spacial score (nSPS) is 23.3. The molecule has 0 radical (unpaired) electrons. The number of carbonyl (C=O) groups is 1. The second-order valence-corrected chi connectivity index (χ2v) is 6.49. The van der Waals surface area contributed by atoms with Gasteiger partial charge in [-0.1, -0.05) is 6.42 Å². The molecule has 1 rings (SSSR count). The number of guanidine groups is 1. The monoisotopic (exact) mass is 300 g/mol. The Morgan fingerprint density at radius 1 is 1.40 bits per heavy atom. The molecular formula is C14H28N4OS. The van der Waals surface area contributed by atoms with Gasteiger partial charge >= 0.3 is 0 Å². The van der Waals surface area contributed by atoms with Gasteiger partial charge in [0.25, 0.3) is 0 Å². The lowest BCUT2D eigenvalue weighted by molar-refractivity contribution is -0.127. The van der Waals surface area contributed by atoms with Crippen LogP contribution < -0.4 is 10.6 Å². The summed E-state index contributed by atoms with van der Waals surface area (Å²) in [6, 6.07) is 0.466. The summed E-state index contributed by atoms with van der Waals surface area (Å²) in [7, 11) is 3.50. The van der Waals surface area contributed by atoms with Gasteiger partial charge in [0, 0.05) is 31.9 Å². The Balaban J connectivity index is 2.53. The van der Waals surface area contributed by atoms with Crippen molar-refractivity contribution in [1.82, 2.24) is 15.5 Å². The Bertz CT molecular complexity index is 333. The van der Waals surface area contributed by atoms with E-state index < -0.39 is 0 Å². The number of nitrogens with one attached hydrogen (secondary N) is 2. The van der Waals surface area contributed by atoms with Crippen LogP contribution >= 0.6 is 11.8 Å².